The zero-order chi connectivity index (χ0) is 15.6. The number of hydroxylamine groups is 2. The minimum absolute atomic E-state index is 0.284. The molecule has 0 unspecified atom stereocenters. The number of alkyl halides is 2. The molecule has 1 amide bonds. The van der Waals surface area contributed by atoms with Crippen molar-refractivity contribution in [2.45, 2.75) is 32.7 Å². The van der Waals surface area contributed by atoms with Gasteiger partial charge in [-0.3, -0.25) is 9.63 Å². The van der Waals surface area contributed by atoms with E-state index < -0.39 is 23.8 Å². The van der Waals surface area contributed by atoms with Crippen LogP contribution in [0.1, 0.15) is 37.4 Å². The summed E-state index contributed by atoms with van der Waals surface area (Å²) in [7, 11) is 0. The van der Waals surface area contributed by atoms with E-state index in [1.54, 1.807) is 24.3 Å². The molecule has 0 saturated carbocycles. The van der Waals surface area contributed by atoms with Gasteiger partial charge in [0.2, 0.25) is 0 Å². The van der Waals surface area contributed by atoms with E-state index in [1.165, 1.54) is 13.8 Å². The second-order valence-electron chi connectivity index (χ2n) is 5.53. The summed E-state index contributed by atoms with van der Waals surface area (Å²) in [5.74, 6) is -0.748. The largest absolute Gasteiger partial charge is 0.272 e. The third kappa shape index (κ3) is 2.88. The molecule has 1 atom stereocenters. The van der Waals surface area contributed by atoms with Crippen molar-refractivity contribution in [1.29, 1.82) is 5.26 Å². The smallest absolute Gasteiger partial charge is 0.258 e. The molecule has 0 bridgehead atoms. The highest BCUT2D eigenvalue weighted by atomic mass is 19.3. The molecule has 1 heterocycles. The van der Waals surface area contributed by atoms with Gasteiger partial charge in [-0.05, 0) is 31.5 Å². The predicted octanol–water partition coefficient (Wildman–Crippen LogP) is 3.05. The number of carbonyl (C=O) groups is 1. The minimum Gasteiger partial charge on any atom is -0.272 e. The Bertz CT molecular complexity index is 581. The van der Waals surface area contributed by atoms with Gasteiger partial charge >= 0.3 is 0 Å². The van der Waals surface area contributed by atoms with Gasteiger partial charge in [0.25, 0.3) is 12.3 Å². The number of carbonyl (C=O) groups excluding carboxylic acids is 1. The van der Waals surface area contributed by atoms with Crippen molar-refractivity contribution in [3.63, 3.8) is 0 Å². The Morgan fingerprint density at radius 1 is 1.52 bits per heavy atom. The van der Waals surface area contributed by atoms with E-state index in [0.29, 0.717) is 17.5 Å². The second-order valence-corrected chi connectivity index (χ2v) is 5.53. The van der Waals surface area contributed by atoms with E-state index in [0.717, 1.165) is 5.06 Å². The van der Waals surface area contributed by atoms with Crippen LogP contribution in [0.2, 0.25) is 0 Å². The summed E-state index contributed by atoms with van der Waals surface area (Å²) in [5, 5.41) is 9.95. The SMILES string of the molecule is CC(C)(C(=O)N1OCC[C@H]1c1cccc(C#N)c1)C(F)F. The third-order valence-corrected chi connectivity index (χ3v) is 3.60. The lowest BCUT2D eigenvalue weighted by molar-refractivity contribution is -0.194. The molecule has 6 heteroatoms. The Morgan fingerprint density at radius 2 is 2.24 bits per heavy atom. The van der Waals surface area contributed by atoms with E-state index in [1.807, 2.05) is 6.07 Å². The molecule has 0 spiro atoms. The van der Waals surface area contributed by atoms with Crippen LogP contribution in [0.25, 0.3) is 0 Å². The van der Waals surface area contributed by atoms with Gasteiger partial charge in [0, 0.05) is 6.42 Å². The van der Waals surface area contributed by atoms with Gasteiger partial charge in [-0.2, -0.15) is 5.26 Å². The average molecular weight is 294 g/mol. The van der Waals surface area contributed by atoms with Crippen LogP contribution in [-0.2, 0) is 9.63 Å². The Kier molecular flexibility index (Phi) is 4.24. The third-order valence-electron chi connectivity index (χ3n) is 3.60. The molecular formula is C15H16F2N2O2. The first-order chi connectivity index (χ1) is 9.87. The predicted molar refractivity (Wildman–Crippen MR) is 71.1 cm³/mol. The molecule has 0 aromatic heterocycles. The topological polar surface area (TPSA) is 53.3 Å². The van der Waals surface area contributed by atoms with Crippen LogP contribution in [0.3, 0.4) is 0 Å². The summed E-state index contributed by atoms with van der Waals surface area (Å²) >= 11 is 0. The molecule has 0 N–H and O–H groups in total. The van der Waals surface area contributed by atoms with Crippen LogP contribution in [-0.4, -0.2) is 24.0 Å². The number of hydrogen-bond donors (Lipinski definition) is 0. The Labute approximate surface area is 121 Å². The van der Waals surface area contributed by atoms with Crippen LogP contribution < -0.4 is 0 Å². The Hall–Kier alpha value is -2.00. The van der Waals surface area contributed by atoms with Crippen molar-refractivity contribution in [3.8, 4) is 6.07 Å². The fraction of sp³-hybridized carbons (Fsp3) is 0.467. The van der Waals surface area contributed by atoms with E-state index in [-0.39, 0.29) is 6.61 Å². The fourth-order valence-electron chi connectivity index (χ4n) is 2.16. The molecule has 0 aliphatic carbocycles. The molecular weight excluding hydrogens is 278 g/mol. The van der Waals surface area contributed by atoms with Crippen LogP contribution in [0, 0.1) is 16.7 Å². The zero-order valence-corrected chi connectivity index (χ0v) is 11.8. The van der Waals surface area contributed by atoms with Gasteiger partial charge in [0.15, 0.2) is 0 Å². The molecule has 112 valence electrons. The quantitative estimate of drug-likeness (QED) is 0.861. The van der Waals surface area contributed by atoms with Gasteiger partial charge in [0.05, 0.1) is 24.3 Å². The van der Waals surface area contributed by atoms with Crippen molar-refractivity contribution in [2.75, 3.05) is 6.61 Å². The maximum atomic E-state index is 13.0. The maximum absolute atomic E-state index is 13.0. The number of nitriles is 1. The molecule has 1 aromatic carbocycles. The van der Waals surface area contributed by atoms with E-state index in [2.05, 4.69) is 0 Å². The minimum atomic E-state index is -2.78. The summed E-state index contributed by atoms with van der Waals surface area (Å²) in [4.78, 5) is 17.6. The van der Waals surface area contributed by atoms with Crippen LogP contribution in [0.5, 0.6) is 0 Å². The van der Waals surface area contributed by atoms with Gasteiger partial charge < -0.3 is 0 Å². The molecule has 2 rings (SSSR count). The Morgan fingerprint density at radius 3 is 2.86 bits per heavy atom. The highest BCUT2D eigenvalue weighted by Gasteiger charge is 2.45. The number of amides is 1. The zero-order valence-electron chi connectivity index (χ0n) is 11.8. The van der Waals surface area contributed by atoms with E-state index in [4.69, 9.17) is 10.1 Å². The van der Waals surface area contributed by atoms with Crippen molar-refractivity contribution in [1.82, 2.24) is 5.06 Å². The molecule has 1 aliphatic heterocycles. The highest BCUT2D eigenvalue weighted by molar-refractivity contribution is 5.82. The summed E-state index contributed by atoms with van der Waals surface area (Å²) in [5.41, 5.74) is -0.639. The lowest BCUT2D eigenvalue weighted by Crippen LogP contribution is -2.43. The molecule has 1 fully saturated rings. The lowest BCUT2D eigenvalue weighted by Gasteiger charge is -2.31. The number of benzene rings is 1. The molecule has 1 saturated heterocycles. The maximum Gasteiger partial charge on any atom is 0.258 e. The number of halogens is 2. The van der Waals surface area contributed by atoms with Gasteiger partial charge in [-0.15, -0.1) is 0 Å². The van der Waals surface area contributed by atoms with Crippen molar-refractivity contribution in [2.24, 2.45) is 5.41 Å². The highest BCUT2D eigenvalue weighted by Crippen LogP contribution is 2.36. The fourth-order valence-corrected chi connectivity index (χ4v) is 2.16. The standard InChI is InChI=1S/C15H16F2N2O2/c1-15(2,13(16)17)14(20)19-12(6-7-21-19)11-5-3-4-10(8-11)9-18/h3-5,8,12-13H,6-7H2,1-2H3/t12-/m0/s1. The lowest BCUT2D eigenvalue weighted by atomic mass is 9.91. The van der Waals surface area contributed by atoms with Gasteiger partial charge in [-0.25, -0.2) is 13.8 Å². The van der Waals surface area contributed by atoms with Crippen molar-refractivity contribution in [3.05, 3.63) is 35.4 Å². The van der Waals surface area contributed by atoms with Gasteiger partial charge in [-0.1, -0.05) is 12.1 Å². The van der Waals surface area contributed by atoms with Crippen molar-refractivity contribution >= 4 is 5.91 Å². The van der Waals surface area contributed by atoms with Gasteiger partial charge in [0.1, 0.15) is 5.41 Å². The molecule has 1 aliphatic rings. The molecule has 1 aromatic rings. The summed E-state index contributed by atoms with van der Waals surface area (Å²) in [6, 6.07) is 8.33. The summed E-state index contributed by atoms with van der Waals surface area (Å²) < 4.78 is 26.0. The first kappa shape index (κ1) is 15.4. The normalized spacial score (nSPS) is 18.9. The molecule has 21 heavy (non-hydrogen) atoms. The van der Waals surface area contributed by atoms with Crippen LogP contribution >= 0.6 is 0 Å². The van der Waals surface area contributed by atoms with Crippen LogP contribution in [0.4, 0.5) is 8.78 Å². The monoisotopic (exact) mass is 294 g/mol. The van der Waals surface area contributed by atoms with E-state index in [9.17, 15) is 13.6 Å². The first-order valence-corrected chi connectivity index (χ1v) is 6.62. The molecule has 0 radical (unpaired) electrons. The van der Waals surface area contributed by atoms with Crippen molar-refractivity contribution < 1.29 is 18.4 Å². The average Bonchev–Trinajstić information content (AvgIpc) is 2.95. The first-order valence-electron chi connectivity index (χ1n) is 6.62. The summed E-state index contributed by atoms with van der Waals surface area (Å²) in [6.45, 7) is 2.68. The second kappa shape index (κ2) is 5.78. The number of nitrogens with zero attached hydrogens (tertiary/aromatic N) is 2. The van der Waals surface area contributed by atoms with E-state index >= 15 is 0 Å². The Balaban J connectivity index is 2.29. The molecule has 4 nitrogen and oxygen atoms in total. The number of hydrogen-bond acceptors (Lipinski definition) is 3. The summed E-state index contributed by atoms with van der Waals surface area (Å²) in [6.07, 6.45) is -2.26. The number of rotatable bonds is 3. The van der Waals surface area contributed by atoms with Crippen LogP contribution in [0.15, 0.2) is 24.3 Å².